The normalized spacial score (nSPS) is 20.8. The largest absolute Gasteiger partial charge is 0.493 e. The van der Waals surface area contributed by atoms with E-state index in [4.69, 9.17) is 43.3 Å². The third-order valence-electron chi connectivity index (χ3n) is 7.55. The summed E-state index contributed by atoms with van der Waals surface area (Å²) in [6, 6.07) is 12.5. The maximum Gasteiger partial charge on any atom is 0.335 e. The number of benzene rings is 3. The van der Waals surface area contributed by atoms with E-state index in [1.807, 2.05) is 0 Å². The van der Waals surface area contributed by atoms with Crippen molar-refractivity contribution >= 4 is 28.6 Å². The Kier molecular flexibility index (Phi) is 9.62. The Morgan fingerprint density at radius 3 is 2.02 bits per heavy atom. The molecule has 5 atom stereocenters. The topological polar surface area (TPSA) is 219 Å². The fraction of sp³-hybridized carbons (Fsp3) is 0.312. The van der Waals surface area contributed by atoms with Crippen LogP contribution in [0, 0.1) is 0 Å². The zero-order valence-corrected chi connectivity index (χ0v) is 25.7. The van der Waals surface area contributed by atoms with Crippen molar-refractivity contribution in [1.82, 2.24) is 0 Å². The van der Waals surface area contributed by atoms with Gasteiger partial charge in [-0.3, -0.25) is 4.79 Å². The molecule has 2 heterocycles. The number of ether oxygens (including phenoxy) is 7. The quantitative estimate of drug-likeness (QED) is 0.138. The van der Waals surface area contributed by atoms with E-state index in [1.54, 1.807) is 24.3 Å². The number of carbonyl (C=O) groups excluding carboxylic acids is 1. The second kappa shape index (κ2) is 13.6. The van der Waals surface area contributed by atoms with Gasteiger partial charge < -0.3 is 63.7 Å². The van der Waals surface area contributed by atoms with Gasteiger partial charge >= 0.3 is 5.97 Å². The highest BCUT2D eigenvalue weighted by atomic mass is 16.7. The zero-order valence-electron chi connectivity index (χ0n) is 25.7. The maximum atomic E-state index is 13.7. The Balaban J connectivity index is 1.37. The van der Waals surface area contributed by atoms with Crippen LogP contribution >= 0.6 is 0 Å². The SMILES string of the molecule is COc1cc(C(=O)c2c(N)oc3c(OCc4ccc(O[C@@H]5O[C@H](C(=O)O)[C@@H](O)[C@H](O)[C@H]5O)cc4)c(OC)ccc23)cc(OC)c1OC. The first-order valence-electron chi connectivity index (χ1n) is 14.1. The molecule has 0 saturated carbocycles. The number of carboxylic acid groups (broad SMARTS) is 1. The number of nitrogen functional groups attached to an aromatic ring is 1. The monoisotopic (exact) mass is 655 g/mol. The highest BCUT2D eigenvalue weighted by Gasteiger charge is 2.48. The molecule has 0 spiro atoms. The molecule has 6 N–H and O–H groups in total. The molecule has 0 radical (unpaired) electrons. The molecule has 0 bridgehead atoms. The lowest BCUT2D eigenvalue weighted by Gasteiger charge is -2.38. The fourth-order valence-corrected chi connectivity index (χ4v) is 5.13. The van der Waals surface area contributed by atoms with Crippen LogP contribution < -0.4 is 34.2 Å². The molecule has 1 saturated heterocycles. The standard InChI is InChI=1S/C32H33NO14/c1-40-18-10-9-17-21(22(34)15-11-19(41-2)27(43-4)20(12-15)42-3)30(33)46-26(17)28(18)44-13-14-5-7-16(8-6-14)45-32-25(37)23(35)24(36)29(47-32)31(38)39/h5-12,23-25,29,32,35-37H,13,33H2,1-4H3,(H,38,39)/t23-,24-,25+,29-,32+/m0/s1. The highest BCUT2D eigenvalue weighted by molar-refractivity contribution is 6.20. The average molecular weight is 656 g/mol. The Bertz CT molecular complexity index is 1740. The first kappa shape index (κ1) is 33.2. The van der Waals surface area contributed by atoms with Crippen molar-refractivity contribution in [3.05, 3.63) is 65.2 Å². The third kappa shape index (κ3) is 6.29. The first-order valence-corrected chi connectivity index (χ1v) is 14.1. The summed E-state index contributed by atoms with van der Waals surface area (Å²) >= 11 is 0. The van der Waals surface area contributed by atoms with Gasteiger partial charge in [-0.2, -0.15) is 0 Å². The van der Waals surface area contributed by atoms with Gasteiger partial charge in [0.25, 0.3) is 0 Å². The summed E-state index contributed by atoms with van der Waals surface area (Å²) in [6.45, 7) is 0.00106. The van der Waals surface area contributed by atoms with E-state index in [1.165, 1.54) is 52.7 Å². The molecule has 0 aliphatic carbocycles. The van der Waals surface area contributed by atoms with Crippen LogP contribution in [-0.4, -0.2) is 91.3 Å². The van der Waals surface area contributed by atoms with Gasteiger partial charge in [-0.15, -0.1) is 0 Å². The number of nitrogens with two attached hydrogens (primary N) is 1. The minimum atomic E-state index is -1.84. The van der Waals surface area contributed by atoms with E-state index < -0.39 is 42.5 Å². The number of rotatable bonds is 12. The van der Waals surface area contributed by atoms with E-state index >= 15 is 0 Å². The number of carboxylic acids is 1. The number of methoxy groups -OCH3 is 4. The van der Waals surface area contributed by atoms with Gasteiger partial charge in [0.2, 0.25) is 23.7 Å². The Hall–Kier alpha value is -5.22. The number of aliphatic hydroxyl groups excluding tert-OH is 3. The molecule has 1 aromatic heterocycles. The molecule has 250 valence electrons. The molecule has 3 aromatic carbocycles. The van der Waals surface area contributed by atoms with Crippen LogP contribution in [0.2, 0.25) is 0 Å². The third-order valence-corrected chi connectivity index (χ3v) is 7.55. The van der Waals surface area contributed by atoms with Crippen molar-refractivity contribution in [3.63, 3.8) is 0 Å². The van der Waals surface area contributed by atoms with E-state index in [0.29, 0.717) is 22.4 Å². The molecule has 0 unspecified atom stereocenters. The van der Waals surface area contributed by atoms with Crippen LogP contribution in [-0.2, 0) is 16.1 Å². The van der Waals surface area contributed by atoms with Crippen molar-refractivity contribution in [1.29, 1.82) is 0 Å². The van der Waals surface area contributed by atoms with Crippen LogP contribution in [0.3, 0.4) is 0 Å². The number of carbonyl (C=O) groups is 2. The van der Waals surface area contributed by atoms with Gasteiger partial charge in [0, 0.05) is 10.9 Å². The zero-order chi connectivity index (χ0) is 34.0. The minimum absolute atomic E-state index is 0.00106. The number of ketones is 1. The molecule has 47 heavy (non-hydrogen) atoms. The number of furan rings is 1. The van der Waals surface area contributed by atoms with Gasteiger partial charge in [0.1, 0.15) is 30.7 Å². The van der Waals surface area contributed by atoms with Crippen LogP contribution in [0.25, 0.3) is 11.0 Å². The summed E-state index contributed by atoms with van der Waals surface area (Å²) in [4.78, 5) is 25.1. The van der Waals surface area contributed by atoms with Crippen LogP contribution in [0.15, 0.2) is 52.9 Å². The highest BCUT2D eigenvalue weighted by Crippen LogP contribution is 2.43. The van der Waals surface area contributed by atoms with Crippen molar-refractivity contribution < 1.29 is 67.6 Å². The number of hydrogen-bond donors (Lipinski definition) is 5. The Morgan fingerprint density at radius 2 is 1.45 bits per heavy atom. The molecule has 15 heteroatoms. The van der Waals surface area contributed by atoms with Gasteiger partial charge in [0.05, 0.1) is 34.0 Å². The van der Waals surface area contributed by atoms with E-state index in [9.17, 15) is 30.0 Å². The summed E-state index contributed by atoms with van der Waals surface area (Å²) in [5, 5.41) is 39.7. The smallest absolute Gasteiger partial charge is 0.335 e. The van der Waals surface area contributed by atoms with Gasteiger partial charge in [-0.25, -0.2) is 4.79 Å². The van der Waals surface area contributed by atoms with E-state index in [0.717, 1.165) is 0 Å². The van der Waals surface area contributed by atoms with Crippen LogP contribution in [0.1, 0.15) is 21.5 Å². The average Bonchev–Trinajstić information content (AvgIpc) is 3.42. The molecule has 5 rings (SSSR count). The summed E-state index contributed by atoms with van der Waals surface area (Å²) in [5.74, 6) is -0.558. The van der Waals surface area contributed by atoms with Crippen LogP contribution in [0.4, 0.5) is 5.88 Å². The number of hydrogen-bond acceptors (Lipinski definition) is 14. The minimum Gasteiger partial charge on any atom is -0.493 e. The predicted molar refractivity (Wildman–Crippen MR) is 162 cm³/mol. The Labute approximate surface area is 267 Å². The molecule has 0 amide bonds. The van der Waals surface area contributed by atoms with Crippen molar-refractivity contribution in [3.8, 4) is 34.5 Å². The molecule has 15 nitrogen and oxygen atoms in total. The summed E-state index contributed by atoms with van der Waals surface area (Å²) in [5.41, 5.74) is 7.36. The second-order valence-corrected chi connectivity index (χ2v) is 10.3. The number of anilines is 1. The summed E-state index contributed by atoms with van der Waals surface area (Å²) < 4.78 is 44.2. The number of aliphatic hydroxyl groups is 3. The second-order valence-electron chi connectivity index (χ2n) is 10.3. The van der Waals surface area contributed by atoms with Gasteiger partial charge in [-0.05, 0) is 42.0 Å². The van der Waals surface area contributed by atoms with Crippen molar-refractivity contribution in [2.75, 3.05) is 34.2 Å². The predicted octanol–water partition coefficient (Wildman–Crippen LogP) is 2.13. The lowest BCUT2D eigenvalue weighted by atomic mass is 9.99. The maximum absolute atomic E-state index is 13.7. The van der Waals surface area contributed by atoms with Gasteiger partial charge in [-0.1, -0.05) is 12.1 Å². The van der Waals surface area contributed by atoms with Crippen molar-refractivity contribution in [2.45, 2.75) is 37.3 Å². The van der Waals surface area contributed by atoms with E-state index in [2.05, 4.69) is 0 Å². The lowest BCUT2D eigenvalue weighted by Crippen LogP contribution is -2.61. The molecule has 4 aromatic rings. The molecule has 1 fully saturated rings. The Morgan fingerprint density at radius 1 is 0.809 bits per heavy atom. The van der Waals surface area contributed by atoms with E-state index in [-0.39, 0.29) is 52.2 Å². The lowest BCUT2D eigenvalue weighted by molar-refractivity contribution is -0.271. The fourth-order valence-electron chi connectivity index (χ4n) is 5.13. The van der Waals surface area contributed by atoms with Crippen molar-refractivity contribution in [2.24, 2.45) is 0 Å². The summed E-state index contributed by atoms with van der Waals surface area (Å²) in [7, 11) is 5.77. The molecular formula is C32H33NO14. The number of aliphatic carboxylic acids is 1. The first-order chi connectivity index (χ1) is 22.5. The molecular weight excluding hydrogens is 622 g/mol. The van der Waals surface area contributed by atoms with Crippen LogP contribution in [0.5, 0.6) is 34.5 Å². The number of fused-ring (bicyclic) bond motifs is 1. The molecule has 1 aliphatic heterocycles. The van der Waals surface area contributed by atoms with Gasteiger partial charge in [0.15, 0.2) is 34.7 Å². The molecule has 1 aliphatic rings. The summed E-state index contributed by atoms with van der Waals surface area (Å²) in [6.07, 6.45) is -8.69.